The molecule has 102 valence electrons. The molecule has 19 heavy (non-hydrogen) atoms. The van der Waals surface area contributed by atoms with Gasteiger partial charge in [0.15, 0.2) is 11.6 Å². The highest BCUT2D eigenvalue weighted by Crippen LogP contribution is 2.30. The standard InChI is InChI=1S/C13H14F2N2O2/c1-2-3-10-11(19-17-12(10)16)8-4-6-9(7-5-8)18-13(14)15/h4-7,13H,2-3H2,1H3,(H2,16,17). The zero-order valence-corrected chi connectivity index (χ0v) is 10.4. The number of ether oxygens (including phenoxy) is 1. The van der Waals surface area contributed by atoms with Crippen molar-refractivity contribution in [2.75, 3.05) is 5.73 Å². The highest BCUT2D eigenvalue weighted by Gasteiger charge is 2.15. The van der Waals surface area contributed by atoms with Crippen LogP contribution in [0.3, 0.4) is 0 Å². The van der Waals surface area contributed by atoms with Crippen molar-refractivity contribution >= 4 is 5.82 Å². The summed E-state index contributed by atoms with van der Waals surface area (Å²) in [5.74, 6) is 1.04. The second-order valence-corrected chi connectivity index (χ2v) is 4.03. The maximum Gasteiger partial charge on any atom is 0.387 e. The van der Waals surface area contributed by atoms with E-state index in [2.05, 4.69) is 9.89 Å². The Morgan fingerprint density at radius 2 is 2.00 bits per heavy atom. The maximum absolute atomic E-state index is 12.0. The van der Waals surface area contributed by atoms with Crippen LogP contribution in [0, 0.1) is 0 Å². The summed E-state index contributed by atoms with van der Waals surface area (Å²) in [5, 5.41) is 3.73. The Hall–Kier alpha value is -2.11. The number of halogens is 2. The van der Waals surface area contributed by atoms with Crippen molar-refractivity contribution in [3.8, 4) is 17.1 Å². The van der Waals surface area contributed by atoms with Crippen molar-refractivity contribution in [3.63, 3.8) is 0 Å². The number of alkyl halides is 2. The molecule has 0 aliphatic rings. The van der Waals surface area contributed by atoms with E-state index in [4.69, 9.17) is 10.3 Å². The van der Waals surface area contributed by atoms with Crippen LogP contribution in [0.15, 0.2) is 28.8 Å². The number of anilines is 1. The van der Waals surface area contributed by atoms with Gasteiger partial charge in [-0.2, -0.15) is 8.78 Å². The lowest BCUT2D eigenvalue weighted by Gasteiger charge is -2.05. The van der Waals surface area contributed by atoms with Crippen molar-refractivity contribution in [2.45, 2.75) is 26.4 Å². The third-order valence-corrected chi connectivity index (χ3v) is 2.66. The zero-order chi connectivity index (χ0) is 13.8. The third-order valence-electron chi connectivity index (χ3n) is 2.66. The molecule has 0 aliphatic carbocycles. The van der Waals surface area contributed by atoms with E-state index in [0.29, 0.717) is 11.6 Å². The van der Waals surface area contributed by atoms with E-state index in [-0.39, 0.29) is 5.75 Å². The van der Waals surface area contributed by atoms with Crippen LogP contribution in [0.4, 0.5) is 14.6 Å². The van der Waals surface area contributed by atoms with Crippen molar-refractivity contribution in [2.24, 2.45) is 0 Å². The molecule has 0 amide bonds. The Balaban J connectivity index is 2.27. The lowest BCUT2D eigenvalue weighted by atomic mass is 10.0. The number of benzene rings is 1. The molecule has 4 nitrogen and oxygen atoms in total. The van der Waals surface area contributed by atoms with E-state index < -0.39 is 6.61 Å². The Morgan fingerprint density at radius 1 is 1.32 bits per heavy atom. The molecule has 0 saturated carbocycles. The second-order valence-electron chi connectivity index (χ2n) is 4.03. The van der Waals surface area contributed by atoms with Gasteiger partial charge in [-0.15, -0.1) is 0 Å². The number of aromatic nitrogens is 1. The summed E-state index contributed by atoms with van der Waals surface area (Å²) < 4.78 is 33.6. The first-order valence-corrected chi connectivity index (χ1v) is 5.91. The minimum Gasteiger partial charge on any atom is -0.435 e. The minimum absolute atomic E-state index is 0.100. The number of rotatable bonds is 5. The summed E-state index contributed by atoms with van der Waals surface area (Å²) >= 11 is 0. The molecule has 0 radical (unpaired) electrons. The summed E-state index contributed by atoms with van der Waals surface area (Å²) in [7, 11) is 0. The SMILES string of the molecule is CCCc1c(N)noc1-c1ccc(OC(F)F)cc1. The van der Waals surface area contributed by atoms with Gasteiger partial charge in [-0.05, 0) is 30.7 Å². The molecule has 1 aromatic heterocycles. The first-order valence-electron chi connectivity index (χ1n) is 5.91. The number of nitrogen functional groups attached to an aromatic ring is 1. The second kappa shape index (κ2) is 5.69. The normalized spacial score (nSPS) is 10.9. The monoisotopic (exact) mass is 268 g/mol. The predicted molar refractivity (Wildman–Crippen MR) is 67.0 cm³/mol. The molecule has 0 unspecified atom stereocenters. The van der Waals surface area contributed by atoms with Gasteiger partial charge in [-0.1, -0.05) is 18.5 Å². The van der Waals surface area contributed by atoms with Crippen LogP contribution in [-0.2, 0) is 6.42 Å². The van der Waals surface area contributed by atoms with Gasteiger partial charge in [-0.3, -0.25) is 0 Å². The number of nitrogens with zero attached hydrogens (tertiary/aromatic N) is 1. The first kappa shape index (κ1) is 13.3. The molecule has 0 bridgehead atoms. The molecule has 2 rings (SSSR count). The maximum atomic E-state index is 12.0. The number of hydrogen-bond acceptors (Lipinski definition) is 4. The fourth-order valence-corrected chi connectivity index (χ4v) is 1.83. The summed E-state index contributed by atoms with van der Waals surface area (Å²) in [4.78, 5) is 0. The molecule has 0 spiro atoms. The smallest absolute Gasteiger partial charge is 0.387 e. The molecule has 2 N–H and O–H groups in total. The largest absolute Gasteiger partial charge is 0.435 e. The van der Waals surface area contributed by atoms with Crippen molar-refractivity contribution < 1.29 is 18.0 Å². The van der Waals surface area contributed by atoms with Gasteiger partial charge in [0.2, 0.25) is 0 Å². The van der Waals surface area contributed by atoms with Gasteiger partial charge >= 0.3 is 6.61 Å². The third kappa shape index (κ3) is 3.01. The minimum atomic E-state index is -2.83. The topological polar surface area (TPSA) is 61.3 Å². The summed E-state index contributed by atoms with van der Waals surface area (Å²) in [6, 6.07) is 6.18. The molecular weight excluding hydrogens is 254 g/mol. The number of nitrogens with two attached hydrogens (primary N) is 1. The average molecular weight is 268 g/mol. The fraction of sp³-hybridized carbons (Fsp3) is 0.308. The molecular formula is C13H14F2N2O2. The molecule has 1 heterocycles. The molecule has 6 heteroatoms. The zero-order valence-electron chi connectivity index (χ0n) is 10.4. The predicted octanol–water partition coefficient (Wildman–Crippen LogP) is 3.48. The van der Waals surface area contributed by atoms with Gasteiger partial charge < -0.3 is 15.0 Å². The first-order chi connectivity index (χ1) is 9.11. The van der Waals surface area contributed by atoms with Crippen molar-refractivity contribution in [1.29, 1.82) is 0 Å². The van der Waals surface area contributed by atoms with E-state index in [1.54, 1.807) is 12.1 Å². The molecule has 0 fully saturated rings. The summed E-state index contributed by atoms with van der Waals surface area (Å²) in [5.41, 5.74) is 7.30. The van der Waals surface area contributed by atoms with Gasteiger partial charge in [0.1, 0.15) is 5.75 Å². The highest BCUT2D eigenvalue weighted by molar-refractivity contribution is 5.66. The average Bonchev–Trinajstić information content (AvgIpc) is 2.72. The molecule has 2 aromatic rings. The Labute approximate surface area is 109 Å². The Bertz CT molecular complexity index is 538. The molecule has 1 aromatic carbocycles. The van der Waals surface area contributed by atoms with Crippen LogP contribution in [0.2, 0.25) is 0 Å². The highest BCUT2D eigenvalue weighted by atomic mass is 19.3. The Kier molecular flexibility index (Phi) is 3.99. The van der Waals surface area contributed by atoms with E-state index in [9.17, 15) is 8.78 Å². The van der Waals surface area contributed by atoms with Crippen LogP contribution < -0.4 is 10.5 Å². The molecule has 0 atom stereocenters. The number of hydrogen-bond donors (Lipinski definition) is 1. The van der Waals surface area contributed by atoms with Crippen LogP contribution in [0.25, 0.3) is 11.3 Å². The quantitative estimate of drug-likeness (QED) is 0.901. The summed E-state index contributed by atoms with van der Waals surface area (Å²) in [6.07, 6.45) is 1.66. The fourth-order valence-electron chi connectivity index (χ4n) is 1.83. The van der Waals surface area contributed by atoms with E-state index in [1.165, 1.54) is 12.1 Å². The Morgan fingerprint density at radius 3 is 2.58 bits per heavy atom. The van der Waals surface area contributed by atoms with Gasteiger partial charge in [-0.25, -0.2) is 0 Å². The van der Waals surface area contributed by atoms with Crippen LogP contribution >= 0.6 is 0 Å². The van der Waals surface area contributed by atoms with Crippen LogP contribution in [-0.4, -0.2) is 11.8 Å². The van der Waals surface area contributed by atoms with Gasteiger partial charge in [0.25, 0.3) is 0 Å². The van der Waals surface area contributed by atoms with E-state index in [1.807, 2.05) is 6.92 Å². The van der Waals surface area contributed by atoms with Gasteiger partial charge in [0, 0.05) is 11.1 Å². The van der Waals surface area contributed by atoms with Crippen molar-refractivity contribution in [3.05, 3.63) is 29.8 Å². The molecule has 0 aliphatic heterocycles. The van der Waals surface area contributed by atoms with Crippen molar-refractivity contribution in [1.82, 2.24) is 5.16 Å². The lowest BCUT2D eigenvalue weighted by molar-refractivity contribution is -0.0498. The van der Waals surface area contributed by atoms with Gasteiger partial charge in [0.05, 0.1) is 0 Å². The molecule has 0 saturated heterocycles. The summed E-state index contributed by atoms with van der Waals surface area (Å²) in [6.45, 7) is -0.807. The van der Waals surface area contributed by atoms with Crippen LogP contribution in [0.1, 0.15) is 18.9 Å². The van der Waals surface area contributed by atoms with E-state index in [0.717, 1.165) is 24.0 Å². The van der Waals surface area contributed by atoms with Crippen LogP contribution in [0.5, 0.6) is 5.75 Å². The van der Waals surface area contributed by atoms with E-state index >= 15 is 0 Å². The lowest BCUT2D eigenvalue weighted by Crippen LogP contribution is -2.01.